The van der Waals surface area contributed by atoms with Crippen molar-refractivity contribution in [3.8, 4) is 5.75 Å². The lowest BCUT2D eigenvalue weighted by Gasteiger charge is -2.25. The molecule has 1 heterocycles. The molecule has 3 rings (SSSR count). The number of esters is 1. The van der Waals surface area contributed by atoms with E-state index in [0.717, 1.165) is 53.4 Å². The van der Waals surface area contributed by atoms with Gasteiger partial charge in [-0.05, 0) is 54.3 Å². The van der Waals surface area contributed by atoms with Gasteiger partial charge in [0.15, 0.2) is 0 Å². The quantitative estimate of drug-likeness (QED) is 0.774. The van der Waals surface area contributed by atoms with E-state index in [1.807, 2.05) is 36.4 Å². The standard InChI is InChI=1S/C21H24ClNO3/c1-25-21(24)12-16-6-9-20(19(11-16)17-3-2-10-23-13-17)26-14-15-4-7-18(22)8-5-15/h4-9,11,17,23H,2-3,10,12-14H2,1H3. The zero-order chi connectivity index (χ0) is 18.4. The van der Waals surface area contributed by atoms with Gasteiger partial charge in [-0.25, -0.2) is 0 Å². The van der Waals surface area contributed by atoms with Crippen molar-refractivity contribution < 1.29 is 14.3 Å². The summed E-state index contributed by atoms with van der Waals surface area (Å²) in [6.07, 6.45) is 2.54. The summed E-state index contributed by atoms with van der Waals surface area (Å²) in [5.74, 6) is 1.04. The molecule has 4 nitrogen and oxygen atoms in total. The molecule has 0 saturated carbocycles. The number of hydrogen-bond donors (Lipinski definition) is 1. The maximum Gasteiger partial charge on any atom is 0.309 e. The van der Waals surface area contributed by atoms with Crippen molar-refractivity contribution in [3.05, 3.63) is 64.2 Å². The summed E-state index contributed by atoms with van der Waals surface area (Å²) in [6, 6.07) is 13.7. The van der Waals surface area contributed by atoms with Crippen LogP contribution >= 0.6 is 11.6 Å². The highest BCUT2D eigenvalue weighted by atomic mass is 35.5. The number of rotatable bonds is 6. The summed E-state index contributed by atoms with van der Waals surface area (Å²) >= 11 is 5.94. The number of ether oxygens (including phenoxy) is 2. The average Bonchev–Trinajstić information content (AvgIpc) is 2.68. The molecule has 1 N–H and O–H groups in total. The highest BCUT2D eigenvalue weighted by Crippen LogP contribution is 2.33. The minimum Gasteiger partial charge on any atom is -0.489 e. The van der Waals surface area contributed by atoms with Crippen molar-refractivity contribution in [1.82, 2.24) is 5.32 Å². The molecule has 5 heteroatoms. The molecule has 138 valence electrons. The summed E-state index contributed by atoms with van der Waals surface area (Å²) in [6.45, 7) is 2.47. The topological polar surface area (TPSA) is 47.6 Å². The van der Waals surface area contributed by atoms with Crippen molar-refractivity contribution in [1.29, 1.82) is 0 Å². The lowest BCUT2D eigenvalue weighted by molar-refractivity contribution is -0.139. The largest absolute Gasteiger partial charge is 0.489 e. The fourth-order valence-electron chi connectivity index (χ4n) is 3.26. The number of carbonyl (C=O) groups excluding carboxylic acids is 1. The average molecular weight is 374 g/mol. The number of methoxy groups -OCH3 is 1. The Morgan fingerprint density at radius 1 is 1.19 bits per heavy atom. The highest BCUT2D eigenvalue weighted by molar-refractivity contribution is 6.30. The molecule has 2 aromatic rings. The molecule has 0 aromatic heterocycles. The van der Waals surface area contributed by atoms with Gasteiger partial charge < -0.3 is 14.8 Å². The molecule has 0 aliphatic carbocycles. The van der Waals surface area contributed by atoms with Crippen molar-refractivity contribution >= 4 is 17.6 Å². The first kappa shape index (κ1) is 18.7. The monoisotopic (exact) mass is 373 g/mol. The van der Waals surface area contributed by atoms with Gasteiger partial charge in [0.05, 0.1) is 13.5 Å². The van der Waals surface area contributed by atoms with Gasteiger partial charge in [-0.3, -0.25) is 4.79 Å². The van der Waals surface area contributed by atoms with Gasteiger partial charge in [-0.15, -0.1) is 0 Å². The van der Waals surface area contributed by atoms with Gasteiger partial charge in [0, 0.05) is 17.5 Å². The van der Waals surface area contributed by atoms with E-state index in [4.69, 9.17) is 21.1 Å². The third kappa shape index (κ3) is 4.99. The third-order valence-electron chi connectivity index (χ3n) is 4.69. The number of hydrogen-bond acceptors (Lipinski definition) is 4. The van der Waals surface area contributed by atoms with Crippen LogP contribution in [0.3, 0.4) is 0 Å². The lowest BCUT2D eigenvalue weighted by Crippen LogP contribution is -2.28. The number of halogens is 1. The summed E-state index contributed by atoms with van der Waals surface area (Å²) in [5.41, 5.74) is 3.18. The molecule has 1 aliphatic heterocycles. The van der Waals surface area contributed by atoms with Crippen LogP contribution in [0.2, 0.25) is 5.02 Å². The second-order valence-corrected chi connectivity index (χ2v) is 7.02. The number of benzene rings is 2. The van der Waals surface area contributed by atoms with Crippen molar-refractivity contribution in [2.24, 2.45) is 0 Å². The van der Waals surface area contributed by atoms with Gasteiger partial charge >= 0.3 is 5.97 Å². The van der Waals surface area contributed by atoms with Crippen LogP contribution in [-0.2, 0) is 22.6 Å². The molecule has 0 radical (unpaired) electrons. The number of piperidine rings is 1. The van der Waals surface area contributed by atoms with Gasteiger partial charge in [-0.1, -0.05) is 35.9 Å². The van der Waals surface area contributed by atoms with E-state index in [1.165, 1.54) is 7.11 Å². The fourth-order valence-corrected chi connectivity index (χ4v) is 3.38. The Labute approximate surface area is 159 Å². The maximum atomic E-state index is 11.6. The van der Waals surface area contributed by atoms with Gasteiger partial charge in [-0.2, -0.15) is 0 Å². The zero-order valence-corrected chi connectivity index (χ0v) is 15.7. The molecule has 1 atom stereocenters. The number of carbonyl (C=O) groups is 1. The Balaban J connectivity index is 1.79. The summed E-state index contributed by atoms with van der Waals surface area (Å²) in [5, 5.41) is 4.17. The molecule has 0 amide bonds. The van der Waals surface area contributed by atoms with Crippen LogP contribution in [0, 0.1) is 0 Å². The molecule has 1 fully saturated rings. The van der Waals surface area contributed by atoms with Crippen molar-refractivity contribution in [3.63, 3.8) is 0 Å². The van der Waals surface area contributed by atoms with E-state index < -0.39 is 0 Å². The van der Waals surface area contributed by atoms with Crippen LogP contribution in [0.1, 0.15) is 35.4 Å². The van der Waals surface area contributed by atoms with E-state index in [0.29, 0.717) is 12.5 Å². The molecular formula is C21H24ClNO3. The van der Waals surface area contributed by atoms with Crippen LogP contribution in [0.5, 0.6) is 5.75 Å². The van der Waals surface area contributed by atoms with Gasteiger partial charge in [0.2, 0.25) is 0 Å². The summed E-state index contributed by atoms with van der Waals surface area (Å²) in [7, 11) is 1.41. The fraction of sp³-hybridized carbons (Fsp3) is 0.381. The second kappa shape index (κ2) is 9.06. The first-order valence-electron chi connectivity index (χ1n) is 8.93. The van der Waals surface area contributed by atoms with Crippen LogP contribution in [-0.4, -0.2) is 26.2 Å². The summed E-state index contributed by atoms with van der Waals surface area (Å²) < 4.78 is 10.9. The Hall–Kier alpha value is -2.04. The van der Waals surface area contributed by atoms with Crippen LogP contribution in [0.15, 0.2) is 42.5 Å². The van der Waals surface area contributed by atoms with Gasteiger partial charge in [0.25, 0.3) is 0 Å². The van der Waals surface area contributed by atoms with Crippen molar-refractivity contribution in [2.45, 2.75) is 31.8 Å². The molecule has 1 saturated heterocycles. The molecule has 0 bridgehead atoms. The second-order valence-electron chi connectivity index (χ2n) is 6.58. The Bertz CT molecular complexity index is 739. The Kier molecular flexibility index (Phi) is 6.53. The first-order valence-corrected chi connectivity index (χ1v) is 9.31. The minimum absolute atomic E-state index is 0.229. The first-order chi connectivity index (χ1) is 12.7. The lowest BCUT2D eigenvalue weighted by atomic mass is 9.89. The van der Waals surface area contributed by atoms with E-state index in [-0.39, 0.29) is 12.4 Å². The SMILES string of the molecule is COC(=O)Cc1ccc(OCc2ccc(Cl)cc2)c(C2CCCNC2)c1. The Morgan fingerprint density at radius 2 is 1.96 bits per heavy atom. The van der Waals surface area contributed by atoms with Crippen LogP contribution in [0.25, 0.3) is 0 Å². The van der Waals surface area contributed by atoms with Crippen molar-refractivity contribution in [2.75, 3.05) is 20.2 Å². The maximum absolute atomic E-state index is 11.6. The van der Waals surface area contributed by atoms with Crippen LogP contribution in [0.4, 0.5) is 0 Å². The third-order valence-corrected chi connectivity index (χ3v) is 4.95. The predicted octanol–water partition coefficient (Wildman–Crippen LogP) is 4.10. The zero-order valence-electron chi connectivity index (χ0n) is 15.0. The van der Waals surface area contributed by atoms with E-state index in [9.17, 15) is 4.79 Å². The molecule has 2 aromatic carbocycles. The number of nitrogens with one attached hydrogen (secondary N) is 1. The van der Waals surface area contributed by atoms with E-state index >= 15 is 0 Å². The smallest absolute Gasteiger partial charge is 0.309 e. The molecule has 0 spiro atoms. The minimum atomic E-state index is -0.229. The predicted molar refractivity (Wildman–Crippen MR) is 103 cm³/mol. The molecule has 1 aliphatic rings. The van der Waals surface area contributed by atoms with E-state index in [1.54, 1.807) is 0 Å². The molecular weight excluding hydrogens is 350 g/mol. The normalized spacial score (nSPS) is 16.9. The molecule has 1 unspecified atom stereocenters. The summed E-state index contributed by atoms with van der Waals surface area (Å²) in [4.78, 5) is 11.6. The van der Waals surface area contributed by atoms with E-state index in [2.05, 4.69) is 11.4 Å². The van der Waals surface area contributed by atoms with Crippen LogP contribution < -0.4 is 10.1 Å². The highest BCUT2D eigenvalue weighted by Gasteiger charge is 2.20. The van der Waals surface area contributed by atoms with Gasteiger partial charge in [0.1, 0.15) is 12.4 Å². The molecule has 26 heavy (non-hydrogen) atoms. The Morgan fingerprint density at radius 3 is 2.65 bits per heavy atom.